The lowest BCUT2D eigenvalue weighted by Gasteiger charge is -2.41. The van der Waals surface area contributed by atoms with E-state index in [1.54, 1.807) is 0 Å². The van der Waals surface area contributed by atoms with Gasteiger partial charge in [0, 0.05) is 31.2 Å². The molecule has 0 aromatic heterocycles. The highest BCUT2D eigenvalue weighted by Gasteiger charge is 2.29. The lowest BCUT2D eigenvalue weighted by Crippen LogP contribution is -2.54. The minimum Gasteiger partial charge on any atom is -0.381 e. The zero-order chi connectivity index (χ0) is 13.7. The Morgan fingerprint density at radius 2 is 1.84 bits per heavy atom. The standard InChI is InChI=1S/C15H28N2O2/c1-15(2,17-8-4-3-5-9-17)12-16-14(18)13-6-10-19-11-7-13/h13H,3-12H2,1-2H3,(H,16,18). The van der Waals surface area contributed by atoms with Gasteiger partial charge in [-0.05, 0) is 52.6 Å². The summed E-state index contributed by atoms with van der Waals surface area (Å²) in [4.78, 5) is 14.7. The Labute approximate surface area is 116 Å². The average Bonchev–Trinajstić information content (AvgIpc) is 2.47. The Morgan fingerprint density at radius 1 is 1.21 bits per heavy atom. The molecule has 0 saturated carbocycles. The molecule has 0 aromatic carbocycles. The van der Waals surface area contributed by atoms with Crippen molar-refractivity contribution in [1.29, 1.82) is 0 Å². The van der Waals surface area contributed by atoms with Gasteiger partial charge in [-0.15, -0.1) is 0 Å². The predicted molar refractivity (Wildman–Crippen MR) is 76.1 cm³/mol. The molecular formula is C15H28N2O2. The second-order valence-electron chi connectivity index (χ2n) is 6.46. The summed E-state index contributed by atoms with van der Waals surface area (Å²) in [5, 5.41) is 3.15. The lowest BCUT2D eigenvalue weighted by atomic mass is 9.96. The number of nitrogens with one attached hydrogen (secondary N) is 1. The van der Waals surface area contributed by atoms with Gasteiger partial charge in [-0.25, -0.2) is 0 Å². The zero-order valence-corrected chi connectivity index (χ0v) is 12.4. The van der Waals surface area contributed by atoms with E-state index in [1.165, 1.54) is 32.4 Å². The van der Waals surface area contributed by atoms with Crippen molar-refractivity contribution < 1.29 is 9.53 Å². The molecule has 4 nitrogen and oxygen atoms in total. The van der Waals surface area contributed by atoms with Gasteiger partial charge in [0.05, 0.1) is 0 Å². The van der Waals surface area contributed by atoms with Crippen molar-refractivity contribution in [1.82, 2.24) is 10.2 Å². The van der Waals surface area contributed by atoms with E-state index < -0.39 is 0 Å². The van der Waals surface area contributed by atoms with E-state index in [2.05, 4.69) is 24.1 Å². The van der Waals surface area contributed by atoms with Crippen molar-refractivity contribution in [2.24, 2.45) is 5.92 Å². The Hall–Kier alpha value is -0.610. The van der Waals surface area contributed by atoms with E-state index in [0.717, 1.165) is 32.6 Å². The molecule has 2 aliphatic rings. The van der Waals surface area contributed by atoms with Crippen LogP contribution in [-0.2, 0) is 9.53 Å². The van der Waals surface area contributed by atoms with Crippen LogP contribution in [0, 0.1) is 5.92 Å². The fourth-order valence-corrected chi connectivity index (χ4v) is 3.02. The molecule has 0 radical (unpaired) electrons. The molecule has 2 rings (SSSR count). The van der Waals surface area contributed by atoms with E-state index >= 15 is 0 Å². The van der Waals surface area contributed by atoms with Gasteiger partial charge in [-0.3, -0.25) is 9.69 Å². The third-order valence-electron chi connectivity index (χ3n) is 4.50. The number of carbonyl (C=O) groups is 1. The second kappa shape index (κ2) is 6.71. The fourth-order valence-electron chi connectivity index (χ4n) is 3.02. The van der Waals surface area contributed by atoms with E-state index in [9.17, 15) is 4.79 Å². The molecule has 0 aliphatic carbocycles. The molecule has 110 valence electrons. The summed E-state index contributed by atoms with van der Waals surface area (Å²) in [5.41, 5.74) is 0.0707. The van der Waals surface area contributed by atoms with E-state index in [4.69, 9.17) is 4.74 Å². The molecule has 19 heavy (non-hydrogen) atoms. The second-order valence-corrected chi connectivity index (χ2v) is 6.46. The summed E-state index contributed by atoms with van der Waals surface area (Å²) in [5.74, 6) is 0.374. The number of likely N-dealkylation sites (tertiary alicyclic amines) is 1. The van der Waals surface area contributed by atoms with Gasteiger partial charge < -0.3 is 10.1 Å². The molecule has 0 aromatic rings. The maximum Gasteiger partial charge on any atom is 0.223 e. The van der Waals surface area contributed by atoms with E-state index in [1.807, 2.05) is 0 Å². The summed E-state index contributed by atoms with van der Waals surface area (Å²) in [6.07, 6.45) is 5.67. The number of nitrogens with zero attached hydrogens (tertiary/aromatic N) is 1. The average molecular weight is 268 g/mol. The van der Waals surface area contributed by atoms with Gasteiger partial charge in [0.2, 0.25) is 5.91 Å². The van der Waals surface area contributed by atoms with Crippen molar-refractivity contribution in [2.45, 2.75) is 51.5 Å². The van der Waals surface area contributed by atoms with Crippen molar-refractivity contribution in [3.8, 4) is 0 Å². The summed E-state index contributed by atoms with van der Waals surface area (Å²) in [7, 11) is 0. The Bertz CT molecular complexity index is 293. The molecule has 1 N–H and O–H groups in total. The fraction of sp³-hybridized carbons (Fsp3) is 0.933. The van der Waals surface area contributed by atoms with Crippen LogP contribution >= 0.6 is 0 Å². The number of piperidine rings is 1. The first-order valence-electron chi connectivity index (χ1n) is 7.70. The van der Waals surface area contributed by atoms with Gasteiger partial charge in [0.1, 0.15) is 0 Å². The van der Waals surface area contributed by atoms with Gasteiger partial charge in [0.15, 0.2) is 0 Å². The number of hydrogen-bond acceptors (Lipinski definition) is 3. The highest BCUT2D eigenvalue weighted by molar-refractivity contribution is 5.78. The molecule has 0 bridgehead atoms. The first kappa shape index (κ1) is 14.8. The van der Waals surface area contributed by atoms with Crippen LogP contribution in [0.3, 0.4) is 0 Å². The first-order valence-corrected chi connectivity index (χ1v) is 7.70. The van der Waals surface area contributed by atoms with Gasteiger partial charge in [0.25, 0.3) is 0 Å². The molecule has 2 aliphatic heterocycles. The smallest absolute Gasteiger partial charge is 0.223 e. The first-order chi connectivity index (χ1) is 9.09. The molecular weight excluding hydrogens is 240 g/mol. The summed E-state index contributed by atoms with van der Waals surface area (Å²) in [6.45, 7) is 9.02. The lowest BCUT2D eigenvalue weighted by molar-refractivity contribution is -0.128. The highest BCUT2D eigenvalue weighted by atomic mass is 16.5. The van der Waals surface area contributed by atoms with Gasteiger partial charge >= 0.3 is 0 Å². The molecule has 0 unspecified atom stereocenters. The molecule has 2 heterocycles. The summed E-state index contributed by atoms with van der Waals surface area (Å²) < 4.78 is 5.30. The quantitative estimate of drug-likeness (QED) is 0.845. The maximum atomic E-state index is 12.1. The van der Waals surface area contributed by atoms with Crippen LogP contribution in [0.2, 0.25) is 0 Å². The van der Waals surface area contributed by atoms with Crippen LogP contribution in [0.15, 0.2) is 0 Å². The monoisotopic (exact) mass is 268 g/mol. The van der Waals surface area contributed by atoms with Crippen LogP contribution in [0.5, 0.6) is 0 Å². The number of hydrogen-bond donors (Lipinski definition) is 1. The highest BCUT2D eigenvalue weighted by Crippen LogP contribution is 2.20. The molecule has 1 amide bonds. The molecule has 2 saturated heterocycles. The van der Waals surface area contributed by atoms with Gasteiger partial charge in [-0.1, -0.05) is 6.42 Å². The van der Waals surface area contributed by atoms with Crippen molar-refractivity contribution >= 4 is 5.91 Å². The minimum atomic E-state index is 0.0707. The molecule has 2 fully saturated rings. The van der Waals surface area contributed by atoms with Crippen LogP contribution in [0.25, 0.3) is 0 Å². The number of amides is 1. The largest absolute Gasteiger partial charge is 0.381 e. The molecule has 0 atom stereocenters. The number of carbonyl (C=O) groups excluding carboxylic acids is 1. The Morgan fingerprint density at radius 3 is 2.47 bits per heavy atom. The maximum absolute atomic E-state index is 12.1. The SMILES string of the molecule is CC(C)(CNC(=O)C1CCOCC1)N1CCCCC1. The Balaban J connectivity index is 1.77. The van der Waals surface area contributed by atoms with Crippen molar-refractivity contribution in [3.05, 3.63) is 0 Å². The van der Waals surface area contributed by atoms with Crippen molar-refractivity contribution in [2.75, 3.05) is 32.8 Å². The summed E-state index contributed by atoms with van der Waals surface area (Å²) >= 11 is 0. The third kappa shape index (κ3) is 4.18. The topological polar surface area (TPSA) is 41.6 Å². The van der Waals surface area contributed by atoms with E-state index in [0.29, 0.717) is 0 Å². The van der Waals surface area contributed by atoms with Crippen molar-refractivity contribution in [3.63, 3.8) is 0 Å². The van der Waals surface area contributed by atoms with Crippen LogP contribution in [-0.4, -0.2) is 49.2 Å². The summed E-state index contributed by atoms with van der Waals surface area (Å²) in [6, 6.07) is 0. The number of ether oxygens (including phenoxy) is 1. The Kier molecular flexibility index (Phi) is 5.22. The van der Waals surface area contributed by atoms with Crippen LogP contribution in [0.1, 0.15) is 46.0 Å². The molecule has 4 heteroatoms. The van der Waals surface area contributed by atoms with E-state index in [-0.39, 0.29) is 17.4 Å². The van der Waals surface area contributed by atoms with Crippen LogP contribution in [0.4, 0.5) is 0 Å². The van der Waals surface area contributed by atoms with Gasteiger partial charge in [-0.2, -0.15) is 0 Å². The number of rotatable bonds is 4. The zero-order valence-electron chi connectivity index (χ0n) is 12.4. The predicted octanol–water partition coefficient (Wildman–Crippen LogP) is 1.79. The van der Waals surface area contributed by atoms with Crippen LogP contribution < -0.4 is 5.32 Å². The molecule has 0 spiro atoms. The normalized spacial score (nSPS) is 23.3. The minimum absolute atomic E-state index is 0.0707. The third-order valence-corrected chi connectivity index (χ3v) is 4.50.